The van der Waals surface area contributed by atoms with E-state index < -0.39 is 11.9 Å². The van der Waals surface area contributed by atoms with Crippen LogP contribution in [-0.2, 0) is 16.0 Å². The van der Waals surface area contributed by atoms with Crippen LogP contribution in [0.3, 0.4) is 0 Å². The number of hydrogen-bond acceptors (Lipinski definition) is 4. The Hall–Kier alpha value is -2.70. The van der Waals surface area contributed by atoms with Crippen LogP contribution in [-0.4, -0.2) is 35.0 Å². The molecule has 0 spiro atoms. The number of carbonyl (C=O) groups is 2. The van der Waals surface area contributed by atoms with Gasteiger partial charge < -0.3 is 14.7 Å². The summed E-state index contributed by atoms with van der Waals surface area (Å²) in [6.45, 7) is 4.43. The molecular formula is C18H20FN3O3. The van der Waals surface area contributed by atoms with Crippen molar-refractivity contribution in [3.8, 4) is 0 Å². The van der Waals surface area contributed by atoms with Gasteiger partial charge >= 0.3 is 0 Å². The van der Waals surface area contributed by atoms with Crippen LogP contribution >= 0.6 is 0 Å². The Kier molecular flexibility index (Phi) is 4.83. The lowest BCUT2D eigenvalue weighted by Gasteiger charge is -2.35. The highest BCUT2D eigenvalue weighted by Gasteiger charge is 2.34. The predicted molar refractivity (Wildman–Crippen MR) is 88.2 cm³/mol. The molecule has 0 radical (unpaired) electrons. The average Bonchev–Trinajstić information content (AvgIpc) is 2.90. The number of aromatic nitrogens is 1. The molecule has 0 aliphatic carbocycles. The third kappa shape index (κ3) is 3.55. The fourth-order valence-corrected chi connectivity index (χ4v) is 3.18. The normalized spacial score (nSPS) is 17.5. The van der Waals surface area contributed by atoms with Crippen molar-refractivity contribution in [2.24, 2.45) is 0 Å². The third-order valence-corrected chi connectivity index (χ3v) is 4.47. The van der Waals surface area contributed by atoms with Crippen LogP contribution in [0.25, 0.3) is 0 Å². The van der Waals surface area contributed by atoms with E-state index in [0.717, 1.165) is 11.3 Å². The molecular weight excluding hydrogens is 325 g/mol. The second-order valence-corrected chi connectivity index (χ2v) is 6.14. The van der Waals surface area contributed by atoms with E-state index in [4.69, 9.17) is 4.52 Å². The summed E-state index contributed by atoms with van der Waals surface area (Å²) < 4.78 is 18.7. The van der Waals surface area contributed by atoms with E-state index in [1.54, 1.807) is 12.1 Å². The van der Waals surface area contributed by atoms with Gasteiger partial charge in [0.05, 0.1) is 5.69 Å². The minimum absolute atomic E-state index is 0.149. The molecule has 3 rings (SSSR count). The molecule has 1 saturated heterocycles. The van der Waals surface area contributed by atoms with E-state index in [9.17, 15) is 14.0 Å². The highest BCUT2D eigenvalue weighted by molar-refractivity contribution is 5.89. The Balaban J connectivity index is 1.78. The van der Waals surface area contributed by atoms with Gasteiger partial charge in [0.1, 0.15) is 17.6 Å². The molecule has 1 atom stereocenters. The fraction of sp³-hybridized carbons (Fsp3) is 0.389. The molecule has 2 aromatic rings. The first-order valence-electron chi connectivity index (χ1n) is 8.21. The van der Waals surface area contributed by atoms with Crippen LogP contribution in [0.4, 0.5) is 4.39 Å². The van der Waals surface area contributed by atoms with Gasteiger partial charge in [0.15, 0.2) is 0 Å². The van der Waals surface area contributed by atoms with Gasteiger partial charge in [-0.25, -0.2) is 4.39 Å². The van der Waals surface area contributed by atoms with Crippen molar-refractivity contribution in [1.29, 1.82) is 0 Å². The van der Waals surface area contributed by atoms with Crippen molar-refractivity contribution >= 4 is 11.8 Å². The highest BCUT2D eigenvalue weighted by atomic mass is 19.1. The van der Waals surface area contributed by atoms with Gasteiger partial charge in [0.25, 0.3) is 0 Å². The topological polar surface area (TPSA) is 75.4 Å². The zero-order valence-electron chi connectivity index (χ0n) is 14.2. The molecule has 0 saturated carbocycles. The molecule has 1 aromatic heterocycles. The minimum atomic E-state index is -0.804. The van der Waals surface area contributed by atoms with Crippen molar-refractivity contribution in [3.05, 3.63) is 52.7 Å². The lowest BCUT2D eigenvalue weighted by atomic mass is 10.0. The van der Waals surface area contributed by atoms with E-state index in [1.807, 2.05) is 13.8 Å². The second kappa shape index (κ2) is 7.04. The standard InChI is InChI=1S/C18H20FN3O3/c1-11-15(12(2)25-21-11)6-7-16(23)22-9-8-20-18(24)17(22)13-4-3-5-14(19)10-13/h3-5,10,17H,6-9H2,1-2H3,(H,20,24)/t17-/m0/s1. The van der Waals surface area contributed by atoms with Crippen molar-refractivity contribution in [3.63, 3.8) is 0 Å². The van der Waals surface area contributed by atoms with Crippen LogP contribution in [0.15, 0.2) is 28.8 Å². The summed E-state index contributed by atoms with van der Waals surface area (Å²) >= 11 is 0. The number of nitrogens with zero attached hydrogens (tertiary/aromatic N) is 2. The zero-order chi connectivity index (χ0) is 18.0. The maximum atomic E-state index is 13.5. The molecule has 2 amide bonds. The number of piperazine rings is 1. The predicted octanol–water partition coefficient (Wildman–Crippen LogP) is 2.06. The summed E-state index contributed by atoms with van der Waals surface area (Å²) in [6.07, 6.45) is 0.732. The Morgan fingerprint density at radius 3 is 2.92 bits per heavy atom. The van der Waals surface area contributed by atoms with E-state index in [-0.39, 0.29) is 18.2 Å². The van der Waals surface area contributed by atoms with Gasteiger partial charge in [-0.3, -0.25) is 9.59 Å². The lowest BCUT2D eigenvalue weighted by Crippen LogP contribution is -2.52. The first kappa shape index (κ1) is 17.1. The number of halogens is 1. The zero-order valence-corrected chi connectivity index (χ0v) is 14.2. The Bertz CT molecular complexity index is 783. The van der Waals surface area contributed by atoms with Crippen molar-refractivity contribution in [2.45, 2.75) is 32.7 Å². The molecule has 25 heavy (non-hydrogen) atoms. The molecule has 2 heterocycles. The number of benzene rings is 1. The molecule has 1 aliphatic heterocycles. The smallest absolute Gasteiger partial charge is 0.247 e. The molecule has 0 unspecified atom stereocenters. The lowest BCUT2D eigenvalue weighted by molar-refractivity contribution is -0.143. The molecule has 1 fully saturated rings. The maximum Gasteiger partial charge on any atom is 0.247 e. The monoisotopic (exact) mass is 345 g/mol. The van der Waals surface area contributed by atoms with Gasteiger partial charge in [0, 0.05) is 25.1 Å². The van der Waals surface area contributed by atoms with Crippen molar-refractivity contribution < 1.29 is 18.5 Å². The summed E-state index contributed by atoms with van der Waals surface area (Å²) in [6, 6.07) is 5.01. The van der Waals surface area contributed by atoms with Gasteiger partial charge in [-0.1, -0.05) is 17.3 Å². The molecule has 1 N–H and O–H groups in total. The Morgan fingerprint density at radius 1 is 1.44 bits per heavy atom. The summed E-state index contributed by atoms with van der Waals surface area (Å²) in [5, 5.41) is 6.63. The van der Waals surface area contributed by atoms with Crippen molar-refractivity contribution in [1.82, 2.24) is 15.4 Å². The number of aryl methyl sites for hydroxylation is 2. The number of nitrogens with one attached hydrogen (secondary N) is 1. The molecule has 132 valence electrons. The molecule has 1 aliphatic rings. The molecule has 0 bridgehead atoms. The fourth-order valence-electron chi connectivity index (χ4n) is 3.18. The average molecular weight is 345 g/mol. The van der Waals surface area contributed by atoms with E-state index in [2.05, 4.69) is 10.5 Å². The van der Waals surface area contributed by atoms with Gasteiger partial charge in [-0.05, 0) is 38.0 Å². The molecule has 1 aromatic carbocycles. The maximum absolute atomic E-state index is 13.5. The van der Waals surface area contributed by atoms with Gasteiger partial charge in [-0.2, -0.15) is 0 Å². The second-order valence-electron chi connectivity index (χ2n) is 6.14. The van der Waals surface area contributed by atoms with E-state index in [1.165, 1.54) is 17.0 Å². The quantitative estimate of drug-likeness (QED) is 0.920. The summed E-state index contributed by atoms with van der Waals surface area (Å²) in [7, 11) is 0. The number of rotatable bonds is 4. The SMILES string of the molecule is Cc1noc(C)c1CCC(=O)N1CCNC(=O)[C@@H]1c1cccc(F)c1. The van der Waals surface area contributed by atoms with Crippen molar-refractivity contribution in [2.75, 3.05) is 13.1 Å². The summed E-state index contributed by atoms with van der Waals surface area (Å²) in [4.78, 5) is 26.6. The van der Waals surface area contributed by atoms with Crippen LogP contribution in [0.1, 0.15) is 35.0 Å². The number of hydrogen-bond donors (Lipinski definition) is 1. The number of amides is 2. The summed E-state index contributed by atoms with van der Waals surface area (Å²) in [5.74, 6) is -0.172. The van der Waals surface area contributed by atoms with E-state index in [0.29, 0.717) is 30.8 Å². The third-order valence-electron chi connectivity index (χ3n) is 4.47. The highest BCUT2D eigenvalue weighted by Crippen LogP contribution is 2.25. The first-order valence-corrected chi connectivity index (χ1v) is 8.21. The molecule has 7 heteroatoms. The Morgan fingerprint density at radius 2 is 2.24 bits per heavy atom. The van der Waals surface area contributed by atoms with Gasteiger partial charge in [0.2, 0.25) is 11.8 Å². The minimum Gasteiger partial charge on any atom is -0.361 e. The van der Waals surface area contributed by atoms with Gasteiger partial charge in [-0.15, -0.1) is 0 Å². The Labute approximate surface area is 145 Å². The largest absolute Gasteiger partial charge is 0.361 e. The van der Waals surface area contributed by atoms with Crippen LogP contribution in [0.5, 0.6) is 0 Å². The van der Waals surface area contributed by atoms with Crippen LogP contribution < -0.4 is 5.32 Å². The number of carbonyl (C=O) groups excluding carboxylic acids is 2. The molecule has 6 nitrogen and oxygen atoms in total. The van der Waals surface area contributed by atoms with Crippen LogP contribution in [0, 0.1) is 19.7 Å². The first-order chi connectivity index (χ1) is 12.0. The summed E-state index contributed by atoms with van der Waals surface area (Å²) in [5.41, 5.74) is 2.16. The van der Waals surface area contributed by atoms with Crippen LogP contribution in [0.2, 0.25) is 0 Å². The van der Waals surface area contributed by atoms with E-state index >= 15 is 0 Å².